The quantitative estimate of drug-likeness (QED) is 0.659. The van der Waals surface area contributed by atoms with Crippen LogP contribution in [-0.2, 0) is 18.6 Å². The number of rotatable bonds is 4. The van der Waals surface area contributed by atoms with Gasteiger partial charge in [0.15, 0.2) is 5.82 Å². The topological polar surface area (TPSA) is 30.7 Å². The SMILES string of the molecule is Cn1c(-c2ccccc2C(F)(F)F)nnc1C12CCC(CCF)(CC1)CC2. The number of hydrogen-bond donors (Lipinski definition) is 0. The Morgan fingerprint density at radius 1 is 1.00 bits per heavy atom. The van der Waals surface area contributed by atoms with E-state index in [9.17, 15) is 17.6 Å². The summed E-state index contributed by atoms with van der Waals surface area (Å²) in [5, 5.41) is 8.50. The summed E-state index contributed by atoms with van der Waals surface area (Å²) in [7, 11) is 1.75. The molecule has 7 heteroatoms. The van der Waals surface area contributed by atoms with Crippen LogP contribution in [0.4, 0.5) is 17.6 Å². The molecule has 3 aliphatic rings. The number of benzene rings is 1. The highest BCUT2D eigenvalue weighted by Gasteiger charge is 2.51. The van der Waals surface area contributed by atoms with Crippen LogP contribution in [0.5, 0.6) is 0 Å². The van der Waals surface area contributed by atoms with E-state index in [0.29, 0.717) is 6.42 Å². The predicted molar refractivity (Wildman–Crippen MR) is 93.8 cm³/mol. The molecule has 3 aliphatic carbocycles. The summed E-state index contributed by atoms with van der Waals surface area (Å²) in [6.45, 7) is -0.282. The molecule has 3 nitrogen and oxygen atoms in total. The number of halogens is 4. The van der Waals surface area contributed by atoms with Gasteiger partial charge < -0.3 is 4.57 Å². The van der Waals surface area contributed by atoms with E-state index in [1.54, 1.807) is 17.7 Å². The minimum absolute atomic E-state index is 0.0565. The Hall–Kier alpha value is -1.92. The first kappa shape index (κ1) is 18.4. The lowest BCUT2D eigenvalue weighted by Crippen LogP contribution is -2.45. The second-order valence-electron chi connectivity index (χ2n) is 8.17. The minimum atomic E-state index is -4.44. The van der Waals surface area contributed by atoms with Crippen molar-refractivity contribution in [3.63, 3.8) is 0 Å². The summed E-state index contributed by atoms with van der Waals surface area (Å²) in [6, 6.07) is 5.50. The van der Waals surface area contributed by atoms with Gasteiger partial charge >= 0.3 is 6.18 Å². The molecule has 0 spiro atoms. The third-order valence-corrected chi connectivity index (χ3v) is 6.85. The molecule has 2 aromatic rings. The molecule has 3 fully saturated rings. The largest absolute Gasteiger partial charge is 0.417 e. The molecular formula is C20H23F4N3. The molecule has 3 saturated carbocycles. The molecule has 1 aromatic carbocycles. The summed E-state index contributed by atoms with van der Waals surface area (Å²) in [4.78, 5) is 0. The zero-order valence-electron chi connectivity index (χ0n) is 15.3. The summed E-state index contributed by atoms with van der Waals surface area (Å²) in [6.07, 6.45) is 1.75. The Balaban J connectivity index is 1.70. The third kappa shape index (κ3) is 2.95. The molecule has 1 heterocycles. The fourth-order valence-electron chi connectivity index (χ4n) is 5.13. The van der Waals surface area contributed by atoms with Crippen LogP contribution in [0.15, 0.2) is 24.3 Å². The predicted octanol–water partition coefficient (Wildman–Crippen LogP) is 5.45. The van der Waals surface area contributed by atoms with E-state index in [1.165, 1.54) is 12.1 Å². The fraction of sp³-hybridized carbons (Fsp3) is 0.600. The number of nitrogens with zero attached hydrogens (tertiary/aromatic N) is 3. The molecule has 0 atom stereocenters. The van der Waals surface area contributed by atoms with Crippen LogP contribution in [0, 0.1) is 5.41 Å². The second kappa shape index (κ2) is 6.31. The van der Waals surface area contributed by atoms with E-state index < -0.39 is 11.7 Å². The maximum atomic E-state index is 13.4. The van der Waals surface area contributed by atoms with Crippen LogP contribution in [0.1, 0.15) is 56.3 Å². The molecule has 0 amide bonds. The van der Waals surface area contributed by atoms with Crippen LogP contribution < -0.4 is 0 Å². The maximum absolute atomic E-state index is 13.4. The van der Waals surface area contributed by atoms with Gasteiger partial charge in [0.25, 0.3) is 0 Å². The van der Waals surface area contributed by atoms with Crippen LogP contribution in [0.25, 0.3) is 11.4 Å². The lowest BCUT2D eigenvalue weighted by Gasteiger charge is -2.52. The van der Waals surface area contributed by atoms with Gasteiger partial charge in [0, 0.05) is 18.0 Å². The first-order valence-corrected chi connectivity index (χ1v) is 9.43. The van der Waals surface area contributed by atoms with Crippen molar-refractivity contribution in [1.82, 2.24) is 14.8 Å². The molecule has 2 bridgehead atoms. The zero-order valence-corrected chi connectivity index (χ0v) is 15.3. The molecule has 0 N–H and O–H groups in total. The highest BCUT2D eigenvalue weighted by atomic mass is 19.4. The molecule has 0 radical (unpaired) electrons. The van der Waals surface area contributed by atoms with Gasteiger partial charge in [-0.1, -0.05) is 18.2 Å². The maximum Gasteiger partial charge on any atom is 0.417 e. The van der Waals surface area contributed by atoms with Crippen LogP contribution in [-0.4, -0.2) is 21.4 Å². The molecule has 27 heavy (non-hydrogen) atoms. The highest BCUT2D eigenvalue weighted by molar-refractivity contribution is 5.61. The van der Waals surface area contributed by atoms with Crippen LogP contribution in [0.2, 0.25) is 0 Å². The summed E-state index contributed by atoms with van der Waals surface area (Å²) in [5.74, 6) is 1.02. The van der Waals surface area contributed by atoms with Crippen molar-refractivity contribution < 1.29 is 17.6 Å². The van der Waals surface area contributed by atoms with E-state index >= 15 is 0 Å². The molecule has 0 saturated heterocycles. The Kier molecular flexibility index (Phi) is 4.31. The molecule has 0 aliphatic heterocycles. The van der Waals surface area contributed by atoms with Crippen molar-refractivity contribution in [2.24, 2.45) is 12.5 Å². The molecule has 1 aromatic heterocycles. The van der Waals surface area contributed by atoms with Gasteiger partial charge in [0.2, 0.25) is 0 Å². The standard InChI is InChI=1S/C20H23F4N3/c1-27-16(14-4-2-3-5-15(14)20(22,23)24)25-26-17(27)19-9-6-18(7-10-19,8-11-19)12-13-21/h2-5H,6-13H2,1H3. The van der Waals surface area contributed by atoms with Crippen molar-refractivity contribution in [2.75, 3.05) is 6.67 Å². The monoisotopic (exact) mass is 381 g/mol. The highest BCUT2D eigenvalue weighted by Crippen LogP contribution is 2.58. The summed E-state index contributed by atoms with van der Waals surface area (Å²) < 4.78 is 54.9. The van der Waals surface area contributed by atoms with Crippen molar-refractivity contribution in [3.05, 3.63) is 35.7 Å². The van der Waals surface area contributed by atoms with Gasteiger partial charge in [0.1, 0.15) is 5.82 Å². The van der Waals surface area contributed by atoms with Gasteiger partial charge in [0.05, 0.1) is 12.2 Å². The van der Waals surface area contributed by atoms with Crippen molar-refractivity contribution in [1.29, 1.82) is 0 Å². The zero-order chi connectivity index (χ0) is 19.3. The first-order chi connectivity index (χ1) is 12.8. The fourth-order valence-corrected chi connectivity index (χ4v) is 5.13. The van der Waals surface area contributed by atoms with E-state index in [-0.39, 0.29) is 28.9 Å². The van der Waals surface area contributed by atoms with E-state index in [1.807, 2.05) is 0 Å². The average Bonchev–Trinajstić information content (AvgIpc) is 3.05. The Morgan fingerprint density at radius 3 is 2.22 bits per heavy atom. The Morgan fingerprint density at radius 2 is 1.63 bits per heavy atom. The lowest BCUT2D eigenvalue weighted by molar-refractivity contribution is -0.137. The summed E-state index contributed by atoms with van der Waals surface area (Å²) in [5.41, 5.74) is -0.675. The van der Waals surface area contributed by atoms with Crippen molar-refractivity contribution in [2.45, 2.75) is 56.5 Å². The molecular weight excluding hydrogens is 358 g/mol. The van der Waals surface area contributed by atoms with Gasteiger partial charge in [-0.3, -0.25) is 4.39 Å². The molecule has 5 rings (SSSR count). The molecule has 146 valence electrons. The normalized spacial score (nSPS) is 27.9. The Labute approximate surface area is 155 Å². The molecule has 0 unspecified atom stereocenters. The number of alkyl halides is 4. The van der Waals surface area contributed by atoms with Crippen LogP contribution >= 0.6 is 0 Å². The second-order valence-corrected chi connectivity index (χ2v) is 8.17. The van der Waals surface area contributed by atoms with Crippen molar-refractivity contribution >= 4 is 0 Å². The smallest absolute Gasteiger partial charge is 0.314 e. The lowest BCUT2D eigenvalue weighted by atomic mass is 9.52. The third-order valence-electron chi connectivity index (χ3n) is 6.85. The van der Waals surface area contributed by atoms with E-state index in [4.69, 9.17) is 0 Å². The number of hydrogen-bond acceptors (Lipinski definition) is 2. The first-order valence-electron chi connectivity index (χ1n) is 9.43. The van der Waals surface area contributed by atoms with E-state index in [2.05, 4.69) is 10.2 Å². The van der Waals surface area contributed by atoms with E-state index in [0.717, 1.165) is 50.4 Å². The average molecular weight is 381 g/mol. The van der Waals surface area contributed by atoms with Gasteiger partial charge in [-0.2, -0.15) is 13.2 Å². The Bertz CT molecular complexity index is 815. The van der Waals surface area contributed by atoms with Gasteiger partial charge in [-0.25, -0.2) is 0 Å². The number of fused-ring (bicyclic) bond motifs is 3. The summed E-state index contributed by atoms with van der Waals surface area (Å²) >= 11 is 0. The van der Waals surface area contributed by atoms with Crippen LogP contribution in [0.3, 0.4) is 0 Å². The number of aromatic nitrogens is 3. The van der Waals surface area contributed by atoms with Gasteiger partial charge in [-0.15, -0.1) is 10.2 Å². The van der Waals surface area contributed by atoms with Gasteiger partial charge in [-0.05, 0) is 56.4 Å². The van der Waals surface area contributed by atoms with Crippen molar-refractivity contribution in [3.8, 4) is 11.4 Å². The minimum Gasteiger partial charge on any atom is -0.314 e.